The van der Waals surface area contributed by atoms with Gasteiger partial charge in [0.05, 0.1) is 12.0 Å². The zero-order chi connectivity index (χ0) is 11.4. The average molecular weight is 201 g/mol. The summed E-state index contributed by atoms with van der Waals surface area (Å²) in [5, 5.41) is 0. The molecule has 0 fully saturated rings. The van der Waals surface area contributed by atoms with Gasteiger partial charge in [0.1, 0.15) is 0 Å². The van der Waals surface area contributed by atoms with Crippen LogP contribution in [0.3, 0.4) is 0 Å². The Hall–Kier alpha value is -0.570. The number of hydrogen-bond donors (Lipinski definition) is 1. The number of hydroxylamine groups is 1. The first-order valence-corrected chi connectivity index (χ1v) is 5.29. The fraction of sp³-hybridized carbons (Fsp3) is 0.909. The second-order valence-electron chi connectivity index (χ2n) is 4.46. The highest BCUT2D eigenvalue weighted by molar-refractivity contribution is 5.81. The van der Waals surface area contributed by atoms with Crippen LogP contribution in [0.15, 0.2) is 0 Å². The third-order valence-corrected chi connectivity index (χ3v) is 3.20. The van der Waals surface area contributed by atoms with Crippen molar-refractivity contribution in [2.45, 2.75) is 41.5 Å². The smallest absolute Gasteiger partial charge is 0.249 e. The maximum Gasteiger partial charge on any atom is 0.249 e. The highest BCUT2D eigenvalue weighted by Crippen LogP contribution is 2.35. The zero-order valence-corrected chi connectivity index (χ0v) is 10.2. The molecular weight excluding hydrogens is 178 g/mol. The summed E-state index contributed by atoms with van der Waals surface area (Å²) in [6.45, 7) is 12.6. The molecule has 0 aliphatic rings. The summed E-state index contributed by atoms with van der Waals surface area (Å²) >= 11 is 0. The normalized spacial score (nSPS) is 12.3. The van der Waals surface area contributed by atoms with Gasteiger partial charge in [0.15, 0.2) is 0 Å². The Labute approximate surface area is 87.2 Å². The SMILES string of the molecule is CCONC(=O)C(C)(C(C)C)C(C)C. The van der Waals surface area contributed by atoms with E-state index in [1.807, 2.05) is 13.8 Å². The van der Waals surface area contributed by atoms with E-state index in [1.54, 1.807) is 0 Å². The molecule has 0 unspecified atom stereocenters. The van der Waals surface area contributed by atoms with Gasteiger partial charge in [0, 0.05) is 0 Å². The number of nitrogens with one attached hydrogen (secondary N) is 1. The molecule has 0 atom stereocenters. The van der Waals surface area contributed by atoms with Gasteiger partial charge in [-0.1, -0.05) is 34.6 Å². The van der Waals surface area contributed by atoms with Crippen molar-refractivity contribution in [3.05, 3.63) is 0 Å². The Morgan fingerprint density at radius 1 is 1.29 bits per heavy atom. The Balaban J connectivity index is 4.57. The largest absolute Gasteiger partial charge is 0.274 e. The molecule has 0 aromatic rings. The molecule has 3 heteroatoms. The molecule has 0 saturated carbocycles. The molecule has 0 rings (SSSR count). The Kier molecular flexibility index (Phi) is 5.13. The molecule has 0 heterocycles. The van der Waals surface area contributed by atoms with Crippen LogP contribution in [-0.2, 0) is 9.63 Å². The van der Waals surface area contributed by atoms with E-state index in [2.05, 4.69) is 33.2 Å². The number of carbonyl (C=O) groups excluding carboxylic acids is 1. The molecule has 0 aliphatic carbocycles. The molecule has 0 radical (unpaired) electrons. The summed E-state index contributed by atoms with van der Waals surface area (Å²) in [7, 11) is 0. The predicted molar refractivity (Wildman–Crippen MR) is 57.6 cm³/mol. The van der Waals surface area contributed by atoms with Gasteiger partial charge in [0.25, 0.3) is 0 Å². The summed E-state index contributed by atoms with van der Waals surface area (Å²) in [5.41, 5.74) is 2.13. The topological polar surface area (TPSA) is 38.3 Å². The lowest BCUT2D eigenvalue weighted by Gasteiger charge is -2.35. The minimum Gasteiger partial charge on any atom is -0.274 e. The lowest BCUT2D eigenvalue weighted by Crippen LogP contribution is -2.45. The summed E-state index contributed by atoms with van der Waals surface area (Å²) < 4.78 is 0. The zero-order valence-electron chi connectivity index (χ0n) is 10.2. The number of amides is 1. The van der Waals surface area contributed by atoms with Crippen LogP contribution in [0.4, 0.5) is 0 Å². The van der Waals surface area contributed by atoms with Gasteiger partial charge in [-0.25, -0.2) is 5.48 Å². The fourth-order valence-corrected chi connectivity index (χ4v) is 1.44. The van der Waals surface area contributed by atoms with Gasteiger partial charge >= 0.3 is 0 Å². The van der Waals surface area contributed by atoms with Crippen molar-refractivity contribution in [3.8, 4) is 0 Å². The van der Waals surface area contributed by atoms with Crippen LogP contribution in [-0.4, -0.2) is 12.5 Å². The summed E-state index contributed by atoms with van der Waals surface area (Å²) in [4.78, 5) is 16.8. The maximum atomic E-state index is 11.9. The van der Waals surface area contributed by atoms with Crippen molar-refractivity contribution >= 4 is 5.91 Å². The molecule has 3 nitrogen and oxygen atoms in total. The van der Waals surface area contributed by atoms with E-state index in [9.17, 15) is 4.79 Å². The maximum absolute atomic E-state index is 11.9. The summed E-state index contributed by atoms with van der Waals surface area (Å²) in [5.74, 6) is 0.565. The quantitative estimate of drug-likeness (QED) is 0.693. The highest BCUT2D eigenvalue weighted by atomic mass is 16.6. The van der Waals surface area contributed by atoms with Crippen molar-refractivity contribution in [2.24, 2.45) is 17.3 Å². The van der Waals surface area contributed by atoms with Gasteiger partial charge in [-0.3, -0.25) is 9.63 Å². The van der Waals surface area contributed by atoms with E-state index >= 15 is 0 Å². The Morgan fingerprint density at radius 3 is 2.00 bits per heavy atom. The standard InChI is InChI=1S/C11H23NO2/c1-7-14-12-10(13)11(6,8(2)3)9(4)5/h8-9H,7H2,1-6H3,(H,12,13). The summed E-state index contributed by atoms with van der Waals surface area (Å²) in [6, 6.07) is 0. The average Bonchev–Trinajstić information content (AvgIpc) is 2.11. The highest BCUT2D eigenvalue weighted by Gasteiger charge is 2.39. The van der Waals surface area contributed by atoms with Crippen LogP contribution in [0.1, 0.15) is 41.5 Å². The van der Waals surface area contributed by atoms with Crippen molar-refractivity contribution in [2.75, 3.05) is 6.61 Å². The van der Waals surface area contributed by atoms with E-state index < -0.39 is 0 Å². The van der Waals surface area contributed by atoms with Crippen LogP contribution in [0.25, 0.3) is 0 Å². The first-order chi connectivity index (χ1) is 6.37. The third-order valence-electron chi connectivity index (χ3n) is 3.20. The minimum atomic E-state index is -0.366. The molecule has 0 aromatic carbocycles. The predicted octanol–water partition coefficient (Wildman–Crippen LogP) is 2.37. The second-order valence-corrected chi connectivity index (χ2v) is 4.46. The minimum absolute atomic E-state index is 0.0237. The van der Waals surface area contributed by atoms with E-state index in [-0.39, 0.29) is 11.3 Å². The first-order valence-electron chi connectivity index (χ1n) is 5.29. The fourth-order valence-electron chi connectivity index (χ4n) is 1.44. The van der Waals surface area contributed by atoms with E-state index in [0.717, 1.165) is 0 Å². The van der Waals surface area contributed by atoms with E-state index in [4.69, 9.17) is 4.84 Å². The molecule has 1 amide bonds. The number of carbonyl (C=O) groups is 1. The Bertz CT molecular complexity index is 180. The van der Waals surface area contributed by atoms with Gasteiger partial charge in [-0.05, 0) is 18.8 Å². The van der Waals surface area contributed by atoms with Crippen LogP contribution >= 0.6 is 0 Å². The molecule has 84 valence electrons. The first kappa shape index (κ1) is 13.4. The van der Waals surface area contributed by atoms with E-state index in [1.165, 1.54) is 0 Å². The second kappa shape index (κ2) is 5.35. The van der Waals surface area contributed by atoms with Crippen molar-refractivity contribution in [3.63, 3.8) is 0 Å². The molecule has 14 heavy (non-hydrogen) atoms. The third kappa shape index (κ3) is 2.71. The number of hydrogen-bond acceptors (Lipinski definition) is 2. The van der Waals surface area contributed by atoms with Crippen LogP contribution in [0.5, 0.6) is 0 Å². The molecule has 0 saturated heterocycles. The van der Waals surface area contributed by atoms with Crippen LogP contribution in [0.2, 0.25) is 0 Å². The van der Waals surface area contributed by atoms with Gasteiger partial charge < -0.3 is 0 Å². The van der Waals surface area contributed by atoms with Crippen molar-refractivity contribution < 1.29 is 9.63 Å². The number of rotatable bonds is 5. The Morgan fingerprint density at radius 2 is 1.71 bits per heavy atom. The van der Waals surface area contributed by atoms with Crippen molar-refractivity contribution in [1.82, 2.24) is 5.48 Å². The van der Waals surface area contributed by atoms with Crippen LogP contribution < -0.4 is 5.48 Å². The molecule has 0 aromatic heterocycles. The van der Waals surface area contributed by atoms with Gasteiger partial charge in [-0.2, -0.15) is 0 Å². The lowest BCUT2D eigenvalue weighted by molar-refractivity contribution is -0.148. The molecule has 0 bridgehead atoms. The van der Waals surface area contributed by atoms with Crippen molar-refractivity contribution in [1.29, 1.82) is 0 Å². The lowest BCUT2D eigenvalue weighted by atomic mass is 9.70. The molecule has 0 spiro atoms. The van der Waals surface area contributed by atoms with E-state index in [0.29, 0.717) is 18.4 Å². The monoisotopic (exact) mass is 201 g/mol. The van der Waals surface area contributed by atoms with Crippen LogP contribution in [0, 0.1) is 17.3 Å². The van der Waals surface area contributed by atoms with Gasteiger partial charge in [-0.15, -0.1) is 0 Å². The molecule has 1 N–H and O–H groups in total. The van der Waals surface area contributed by atoms with Gasteiger partial charge in [0.2, 0.25) is 5.91 Å². The summed E-state index contributed by atoms with van der Waals surface area (Å²) in [6.07, 6.45) is 0. The molecular formula is C11H23NO2. The molecule has 0 aliphatic heterocycles.